The molecule has 4 heteroatoms. The second-order valence-corrected chi connectivity index (χ2v) is 6.61. The zero-order valence-corrected chi connectivity index (χ0v) is 13.8. The normalized spacial score (nSPS) is 24.6. The number of nitrogens with two attached hydrogens (primary N) is 1. The highest BCUT2D eigenvalue weighted by molar-refractivity contribution is 9.10. The van der Waals surface area contributed by atoms with Gasteiger partial charge in [0.05, 0.1) is 0 Å². The molecule has 2 atom stereocenters. The van der Waals surface area contributed by atoms with Gasteiger partial charge in [0.15, 0.2) is 0 Å². The summed E-state index contributed by atoms with van der Waals surface area (Å²) in [7, 11) is 0. The van der Waals surface area contributed by atoms with E-state index < -0.39 is 0 Å². The van der Waals surface area contributed by atoms with Gasteiger partial charge in [0, 0.05) is 15.5 Å². The van der Waals surface area contributed by atoms with Crippen molar-refractivity contribution in [1.29, 1.82) is 0 Å². The Kier molecular flexibility index (Phi) is 5.70. The van der Waals surface area contributed by atoms with Crippen molar-refractivity contribution in [1.82, 2.24) is 4.90 Å². The lowest BCUT2D eigenvalue weighted by Gasteiger charge is -2.41. The highest BCUT2D eigenvalue weighted by Crippen LogP contribution is 2.39. The second kappa shape index (κ2) is 7.07. The van der Waals surface area contributed by atoms with E-state index in [1.54, 1.807) is 0 Å². The van der Waals surface area contributed by atoms with Crippen molar-refractivity contribution in [2.24, 2.45) is 11.7 Å². The molecule has 0 spiro atoms. The van der Waals surface area contributed by atoms with Crippen LogP contribution in [0.25, 0.3) is 0 Å². The minimum Gasteiger partial charge on any atom is -0.330 e. The zero-order valence-electron chi connectivity index (χ0n) is 11.4. The molecule has 1 saturated heterocycles. The number of likely N-dealkylation sites (tertiary alicyclic amines) is 1. The summed E-state index contributed by atoms with van der Waals surface area (Å²) in [6, 6.07) is 6.50. The van der Waals surface area contributed by atoms with Crippen LogP contribution >= 0.6 is 27.5 Å². The van der Waals surface area contributed by atoms with Crippen LogP contribution in [0.2, 0.25) is 5.02 Å². The van der Waals surface area contributed by atoms with Crippen LogP contribution in [0.3, 0.4) is 0 Å². The van der Waals surface area contributed by atoms with E-state index in [9.17, 15) is 0 Å². The number of hydrogen-bond donors (Lipinski definition) is 1. The van der Waals surface area contributed by atoms with Crippen molar-refractivity contribution in [2.75, 3.05) is 19.6 Å². The zero-order chi connectivity index (χ0) is 13.8. The molecule has 1 heterocycles. The van der Waals surface area contributed by atoms with Gasteiger partial charge in [-0.2, -0.15) is 0 Å². The fourth-order valence-corrected chi connectivity index (χ4v) is 3.74. The van der Waals surface area contributed by atoms with Gasteiger partial charge in [-0.1, -0.05) is 34.5 Å². The summed E-state index contributed by atoms with van der Waals surface area (Å²) in [5.74, 6) is 0.507. The molecule has 1 aromatic carbocycles. The summed E-state index contributed by atoms with van der Waals surface area (Å²) in [4.78, 5) is 2.55. The van der Waals surface area contributed by atoms with Gasteiger partial charge in [-0.05, 0) is 68.6 Å². The molecule has 19 heavy (non-hydrogen) atoms. The predicted octanol–water partition coefficient (Wildman–Crippen LogP) is 4.22. The van der Waals surface area contributed by atoms with Crippen LogP contribution in [0.15, 0.2) is 22.7 Å². The number of hydrogen-bond acceptors (Lipinski definition) is 2. The Labute approximate surface area is 129 Å². The molecule has 0 radical (unpaired) electrons. The molecule has 2 unspecified atom stereocenters. The van der Waals surface area contributed by atoms with Crippen LogP contribution in [-0.2, 0) is 0 Å². The lowest BCUT2D eigenvalue weighted by atomic mass is 9.84. The first kappa shape index (κ1) is 15.3. The molecule has 0 saturated carbocycles. The maximum absolute atomic E-state index is 6.43. The van der Waals surface area contributed by atoms with Crippen LogP contribution in [0.1, 0.15) is 37.8 Å². The van der Waals surface area contributed by atoms with E-state index in [4.69, 9.17) is 17.3 Å². The third-order valence-corrected chi connectivity index (χ3v) is 4.79. The van der Waals surface area contributed by atoms with Gasteiger partial charge < -0.3 is 5.73 Å². The van der Waals surface area contributed by atoms with E-state index in [-0.39, 0.29) is 0 Å². The topological polar surface area (TPSA) is 29.3 Å². The number of halogens is 2. The smallest absolute Gasteiger partial charge is 0.0454 e. The molecule has 2 rings (SSSR count). The van der Waals surface area contributed by atoms with Gasteiger partial charge in [-0.25, -0.2) is 0 Å². The van der Waals surface area contributed by atoms with E-state index in [1.807, 2.05) is 12.1 Å². The number of piperidine rings is 1. The molecule has 1 aliphatic rings. The molecule has 0 aliphatic carbocycles. The fraction of sp³-hybridized carbons (Fsp3) is 0.600. The summed E-state index contributed by atoms with van der Waals surface area (Å²) in [6.45, 7) is 5.22. The molecule has 2 nitrogen and oxygen atoms in total. The van der Waals surface area contributed by atoms with Crippen LogP contribution in [0.4, 0.5) is 0 Å². The number of benzene rings is 1. The third kappa shape index (κ3) is 3.52. The first-order chi connectivity index (χ1) is 9.17. The van der Waals surface area contributed by atoms with E-state index in [0.717, 1.165) is 29.1 Å². The Morgan fingerprint density at radius 2 is 2.26 bits per heavy atom. The standard InChI is InChI=1S/C15H22BrClN2/c1-2-7-19-8-3-4-11(10-18)15(19)13-9-12(16)5-6-14(13)17/h5-6,9,11,15H,2-4,7-8,10,18H2,1H3. The molecular formula is C15H22BrClN2. The van der Waals surface area contributed by atoms with Crippen molar-refractivity contribution in [3.8, 4) is 0 Å². The highest BCUT2D eigenvalue weighted by atomic mass is 79.9. The minimum atomic E-state index is 0.365. The Morgan fingerprint density at radius 1 is 1.47 bits per heavy atom. The lowest BCUT2D eigenvalue weighted by molar-refractivity contribution is 0.0961. The first-order valence-corrected chi connectivity index (χ1v) is 8.23. The third-order valence-electron chi connectivity index (χ3n) is 3.95. The molecule has 2 N–H and O–H groups in total. The minimum absolute atomic E-state index is 0.365. The second-order valence-electron chi connectivity index (χ2n) is 5.28. The summed E-state index contributed by atoms with van der Waals surface area (Å²) < 4.78 is 1.09. The Bertz CT molecular complexity index is 423. The number of rotatable bonds is 4. The molecule has 1 fully saturated rings. The van der Waals surface area contributed by atoms with E-state index in [1.165, 1.54) is 24.8 Å². The van der Waals surface area contributed by atoms with Crippen LogP contribution in [0, 0.1) is 5.92 Å². The van der Waals surface area contributed by atoms with E-state index >= 15 is 0 Å². The Hall–Kier alpha value is -0.0900. The van der Waals surface area contributed by atoms with Crippen LogP contribution < -0.4 is 5.73 Å². The monoisotopic (exact) mass is 344 g/mol. The summed E-state index contributed by atoms with van der Waals surface area (Å²) in [6.07, 6.45) is 3.60. The average molecular weight is 346 g/mol. The van der Waals surface area contributed by atoms with Gasteiger partial charge >= 0.3 is 0 Å². The van der Waals surface area contributed by atoms with Crippen molar-refractivity contribution in [3.05, 3.63) is 33.3 Å². The van der Waals surface area contributed by atoms with Gasteiger partial charge in [-0.15, -0.1) is 0 Å². The molecule has 0 bridgehead atoms. The fourth-order valence-electron chi connectivity index (χ4n) is 3.13. The van der Waals surface area contributed by atoms with Crippen molar-refractivity contribution in [2.45, 2.75) is 32.2 Å². The van der Waals surface area contributed by atoms with Crippen LogP contribution in [0.5, 0.6) is 0 Å². The lowest BCUT2D eigenvalue weighted by Crippen LogP contribution is -2.42. The molecule has 1 aromatic rings. The largest absolute Gasteiger partial charge is 0.330 e. The summed E-state index contributed by atoms with van der Waals surface area (Å²) in [5.41, 5.74) is 7.22. The van der Waals surface area contributed by atoms with Gasteiger partial charge in [-0.3, -0.25) is 4.90 Å². The average Bonchev–Trinajstić information content (AvgIpc) is 2.42. The van der Waals surface area contributed by atoms with Gasteiger partial charge in [0.1, 0.15) is 0 Å². The summed E-state index contributed by atoms with van der Waals surface area (Å²) in [5, 5.41) is 0.856. The number of nitrogens with zero attached hydrogens (tertiary/aromatic N) is 1. The Morgan fingerprint density at radius 3 is 2.95 bits per heavy atom. The van der Waals surface area contributed by atoms with Crippen molar-refractivity contribution >= 4 is 27.5 Å². The predicted molar refractivity (Wildman–Crippen MR) is 85.5 cm³/mol. The Balaban J connectivity index is 2.36. The first-order valence-electron chi connectivity index (χ1n) is 7.06. The molecular weight excluding hydrogens is 324 g/mol. The molecule has 0 amide bonds. The van der Waals surface area contributed by atoms with E-state index in [2.05, 4.69) is 33.8 Å². The van der Waals surface area contributed by atoms with Gasteiger partial charge in [0.25, 0.3) is 0 Å². The molecule has 1 aliphatic heterocycles. The van der Waals surface area contributed by atoms with Crippen LogP contribution in [-0.4, -0.2) is 24.5 Å². The molecule has 0 aromatic heterocycles. The summed E-state index contributed by atoms with van der Waals surface area (Å²) >= 11 is 9.98. The quantitative estimate of drug-likeness (QED) is 0.885. The maximum Gasteiger partial charge on any atom is 0.0454 e. The van der Waals surface area contributed by atoms with E-state index in [0.29, 0.717) is 12.0 Å². The van der Waals surface area contributed by atoms with Crippen molar-refractivity contribution < 1.29 is 0 Å². The maximum atomic E-state index is 6.43. The van der Waals surface area contributed by atoms with Crippen molar-refractivity contribution in [3.63, 3.8) is 0 Å². The van der Waals surface area contributed by atoms with Gasteiger partial charge in [0.2, 0.25) is 0 Å². The SMILES string of the molecule is CCCN1CCCC(CN)C1c1cc(Br)ccc1Cl. The highest BCUT2D eigenvalue weighted by Gasteiger charge is 2.32. The molecule has 106 valence electrons.